The number of rotatable bonds is 9. The zero-order chi connectivity index (χ0) is 14.0. The summed E-state index contributed by atoms with van der Waals surface area (Å²) in [6, 6.07) is -0.737. The highest BCUT2D eigenvalue weighted by Crippen LogP contribution is 1.99. The highest BCUT2D eigenvalue weighted by atomic mass is 16.2. The van der Waals surface area contributed by atoms with Gasteiger partial charge in [0.05, 0.1) is 13.1 Å². The van der Waals surface area contributed by atoms with Crippen LogP contribution in [-0.2, 0) is 14.4 Å². The Kier molecular flexibility index (Phi) is 8.50. The maximum absolute atomic E-state index is 11.4. The molecule has 0 aliphatic heterocycles. The predicted molar refractivity (Wildman–Crippen MR) is 66.1 cm³/mol. The fraction of sp³-hybridized carbons (Fsp3) is 0.700. The van der Waals surface area contributed by atoms with Gasteiger partial charge in [-0.1, -0.05) is 0 Å². The average Bonchev–Trinajstić information content (AvgIpc) is 2.34. The summed E-state index contributed by atoms with van der Waals surface area (Å²) >= 11 is 0. The SMILES string of the molecule is NCCCC[C@H](NC(=O)CNC(=O)CN)C(N)=O. The largest absolute Gasteiger partial charge is 0.368 e. The van der Waals surface area contributed by atoms with Gasteiger partial charge in [-0.25, -0.2) is 0 Å². The number of amides is 3. The van der Waals surface area contributed by atoms with Crippen molar-refractivity contribution in [1.29, 1.82) is 0 Å². The molecule has 3 amide bonds. The van der Waals surface area contributed by atoms with Crippen LogP contribution in [0, 0.1) is 0 Å². The maximum Gasteiger partial charge on any atom is 0.240 e. The molecule has 8 N–H and O–H groups in total. The molecule has 0 aromatic carbocycles. The molecule has 0 radical (unpaired) electrons. The fourth-order valence-electron chi connectivity index (χ4n) is 1.27. The molecule has 0 heterocycles. The highest BCUT2D eigenvalue weighted by Gasteiger charge is 2.17. The maximum atomic E-state index is 11.4. The van der Waals surface area contributed by atoms with Crippen molar-refractivity contribution in [2.24, 2.45) is 17.2 Å². The van der Waals surface area contributed by atoms with Crippen molar-refractivity contribution < 1.29 is 14.4 Å². The molecule has 0 unspecified atom stereocenters. The highest BCUT2D eigenvalue weighted by molar-refractivity contribution is 5.89. The fourth-order valence-corrected chi connectivity index (χ4v) is 1.27. The van der Waals surface area contributed by atoms with Gasteiger partial charge < -0.3 is 27.8 Å². The summed E-state index contributed by atoms with van der Waals surface area (Å²) in [5.74, 6) is -1.53. The van der Waals surface area contributed by atoms with Crippen LogP contribution in [0.3, 0.4) is 0 Å². The van der Waals surface area contributed by atoms with Gasteiger partial charge >= 0.3 is 0 Å². The first-order valence-corrected chi connectivity index (χ1v) is 5.76. The number of hydrogen-bond donors (Lipinski definition) is 5. The monoisotopic (exact) mass is 259 g/mol. The summed E-state index contributed by atoms with van der Waals surface area (Å²) in [6.45, 7) is 0.103. The van der Waals surface area contributed by atoms with Crippen LogP contribution in [0.5, 0.6) is 0 Å². The molecule has 0 aromatic rings. The Morgan fingerprint density at radius 3 is 2.22 bits per heavy atom. The van der Waals surface area contributed by atoms with Gasteiger partial charge in [0.25, 0.3) is 0 Å². The van der Waals surface area contributed by atoms with E-state index in [0.29, 0.717) is 19.4 Å². The van der Waals surface area contributed by atoms with Crippen molar-refractivity contribution in [3.05, 3.63) is 0 Å². The number of unbranched alkanes of at least 4 members (excludes halogenated alkanes) is 1. The Hall–Kier alpha value is -1.67. The van der Waals surface area contributed by atoms with E-state index in [4.69, 9.17) is 17.2 Å². The van der Waals surface area contributed by atoms with Crippen LogP contribution >= 0.6 is 0 Å². The number of carbonyl (C=O) groups excluding carboxylic acids is 3. The first-order valence-electron chi connectivity index (χ1n) is 5.76. The number of primary amides is 1. The Balaban J connectivity index is 4.03. The molecule has 104 valence electrons. The summed E-state index contributed by atoms with van der Waals surface area (Å²) in [5, 5.41) is 4.74. The lowest BCUT2D eigenvalue weighted by atomic mass is 10.1. The Morgan fingerprint density at radius 1 is 1.06 bits per heavy atom. The molecule has 18 heavy (non-hydrogen) atoms. The van der Waals surface area contributed by atoms with Gasteiger partial charge in [-0.2, -0.15) is 0 Å². The molecule has 0 fully saturated rings. The lowest BCUT2D eigenvalue weighted by molar-refractivity contribution is -0.128. The van der Waals surface area contributed by atoms with E-state index < -0.39 is 23.8 Å². The number of nitrogens with two attached hydrogens (primary N) is 3. The summed E-state index contributed by atoms with van der Waals surface area (Å²) in [4.78, 5) is 33.3. The molecule has 0 saturated carbocycles. The van der Waals surface area contributed by atoms with Crippen molar-refractivity contribution in [1.82, 2.24) is 10.6 Å². The standard InChI is InChI=1S/C10H21N5O3/c11-4-2-1-3-7(10(13)18)15-9(17)6-14-8(16)5-12/h7H,1-6,11-12H2,(H2,13,18)(H,14,16)(H,15,17)/t7-/m0/s1. The van der Waals surface area contributed by atoms with Gasteiger partial charge in [-0.05, 0) is 25.8 Å². The van der Waals surface area contributed by atoms with E-state index in [1.165, 1.54) is 0 Å². The van der Waals surface area contributed by atoms with Gasteiger partial charge in [0.1, 0.15) is 6.04 Å². The van der Waals surface area contributed by atoms with Crippen molar-refractivity contribution >= 4 is 17.7 Å². The number of nitrogens with one attached hydrogen (secondary N) is 2. The lowest BCUT2D eigenvalue weighted by Gasteiger charge is -2.15. The minimum absolute atomic E-state index is 0.191. The topological polar surface area (TPSA) is 153 Å². The molecule has 0 rings (SSSR count). The minimum Gasteiger partial charge on any atom is -0.368 e. The van der Waals surface area contributed by atoms with Gasteiger partial charge in [0, 0.05) is 0 Å². The second kappa shape index (κ2) is 9.37. The van der Waals surface area contributed by atoms with E-state index in [9.17, 15) is 14.4 Å². The summed E-state index contributed by atoms with van der Waals surface area (Å²) in [5.41, 5.74) is 15.5. The van der Waals surface area contributed by atoms with Crippen molar-refractivity contribution in [2.45, 2.75) is 25.3 Å². The number of hydrogen-bond acceptors (Lipinski definition) is 5. The Bertz CT molecular complexity index is 295. The third kappa shape index (κ3) is 7.58. The normalized spacial score (nSPS) is 11.7. The molecule has 0 aliphatic rings. The molecule has 0 aliphatic carbocycles. The Morgan fingerprint density at radius 2 is 1.72 bits per heavy atom. The smallest absolute Gasteiger partial charge is 0.240 e. The van der Waals surface area contributed by atoms with Gasteiger partial charge in [-0.15, -0.1) is 0 Å². The van der Waals surface area contributed by atoms with E-state index in [1.54, 1.807) is 0 Å². The molecule has 1 atom stereocenters. The third-order valence-electron chi connectivity index (χ3n) is 2.26. The summed E-state index contributed by atoms with van der Waals surface area (Å²) < 4.78 is 0. The van der Waals surface area contributed by atoms with Crippen LogP contribution in [0.2, 0.25) is 0 Å². The van der Waals surface area contributed by atoms with Gasteiger partial charge in [-0.3, -0.25) is 14.4 Å². The van der Waals surface area contributed by atoms with Crippen molar-refractivity contribution in [3.8, 4) is 0 Å². The molecule has 0 spiro atoms. The van der Waals surface area contributed by atoms with Crippen molar-refractivity contribution in [3.63, 3.8) is 0 Å². The lowest BCUT2D eigenvalue weighted by Crippen LogP contribution is -2.48. The molecule has 0 saturated heterocycles. The van der Waals surface area contributed by atoms with E-state index in [1.807, 2.05) is 0 Å². The molecular weight excluding hydrogens is 238 g/mol. The third-order valence-corrected chi connectivity index (χ3v) is 2.26. The van der Waals surface area contributed by atoms with Crippen LogP contribution in [0.4, 0.5) is 0 Å². The summed E-state index contributed by atoms with van der Waals surface area (Å²) in [6.07, 6.45) is 1.88. The van der Waals surface area contributed by atoms with Gasteiger partial charge in [0.2, 0.25) is 17.7 Å². The van der Waals surface area contributed by atoms with Crippen LogP contribution < -0.4 is 27.8 Å². The van der Waals surface area contributed by atoms with Crippen LogP contribution in [0.15, 0.2) is 0 Å². The quantitative estimate of drug-likeness (QED) is 0.282. The zero-order valence-electron chi connectivity index (χ0n) is 10.3. The average molecular weight is 259 g/mol. The van der Waals surface area contributed by atoms with E-state index in [-0.39, 0.29) is 13.1 Å². The molecular formula is C10H21N5O3. The van der Waals surface area contributed by atoms with Crippen LogP contribution in [-0.4, -0.2) is 43.4 Å². The van der Waals surface area contributed by atoms with E-state index in [0.717, 1.165) is 6.42 Å². The molecule has 8 heteroatoms. The van der Waals surface area contributed by atoms with Gasteiger partial charge in [0.15, 0.2) is 0 Å². The van der Waals surface area contributed by atoms with Crippen LogP contribution in [0.25, 0.3) is 0 Å². The molecule has 0 bridgehead atoms. The predicted octanol–water partition coefficient (Wildman–Crippen LogP) is -2.84. The first-order chi connectivity index (χ1) is 8.51. The second-order valence-corrected chi connectivity index (χ2v) is 3.79. The molecule has 0 aromatic heterocycles. The summed E-state index contributed by atoms with van der Waals surface area (Å²) in [7, 11) is 0. The number of carbonyl (C=O) groups is 3. The van der Waals surface area contributed by atoms with E-state index >= 15 is 0 Å². The van der Waals surface area contributed by atoms with Crippen molar-refractivity contribution in [2.75, 3.05) is 19.6 Å². The molecule has 8 nitrogen and oxygen atoms in total. The minimum atomic E-state index is -0.737. The van der Waals surface area contributed by atoms with Crippen LogP contribution in [0.1, 0.15) is 19.3 Å². The van der Waals surface area contributed by atoms with E-state index in [2.05, 4.69) is 10.6 Å². The Labute approximate surface area is 106 Å². The zero-order valence-corrected chi connectivity index (χ0v) is 10.3. The first kappa shape index (κ1) is 16.3. The second-order valence-electron chi connectivity index (χ2n) is 3.79.